The van der Waals surface area contributed by atoms with Crippen LogP contribution in [0.2, 0.25) is 0 Å². The molecular formula is C12H18N6O2S. The first kappa shape index (κ1) is 15.4. The summed E-state index contributed by atoms with van der Waals surface area (Å²) in [5, 5.41) is 17.1. The normalized spacial score (nSPS) is 11.5. The lowest BCUT2D eigenvalue weighted by Gasteiger charge is -2.07. The van der Waals surface area contributed by atoms with Gasteiger partial charge in [0.05, 0.1) is 0 Å². The van der Waals surface area contributed by atoms with Gasteiger partial charge in [0.2, 0.25) is 5.03 Å². The molecule has 0 aliphatic heterocycles. The highest BCUT2D eigenvalue weighted by Crippen LogP contribution is 2.18. The minimum Gasteiger partial charge on any atom is -0.313 e. The van der Waals surface area contributed by atoms with Crippen LogP contribution in [0.5, 0.6) is 0 Å². The quantitative estimate of drug-likeness (QED) is 0.652. The summed E-state index contributed by atoms with van der Waals surface area (Å²) in [6.45, 7) is 5.08. The smallest absolute Gasteiger partial charge is 0.282 e. The zero-order valence-corrected chi connectivity index (χ0v) is 12.7. The summed E-state index contributed by atoms with van der Waals surface area (Å²) in [5.74, 6) is 0.158. The Hall–Kier alpha value is -2.00. The monoisotopic (exact) mass is 310 g/mol. The zero-order chi connectivity index (χ0) is 15.3. The summed E-state index contributed by atoms with van der Waals surface area (Å²) in [4.78, 5) is 0. The predicted molar refractivity (Wildman–Crippen MR) is 78.2 cm³/mol. The molecule has 2 aromatic rings. The van der Waals surface area contributed by atoms with E-state index in [0.29, 0.717) is 12.1 Å². The Balaban J connectivity index is 2.24. The Morgan fingerprint density at radius 3 is 2.86 bits per heavy atom. The van der Waals surface area contributed by atoms with Gasteiger partial charge in [-0.05, 0) is 32.0 Å². The Labute approximate surface area is 123 Å². The largest absolute Gasteiger partial charge is 0.313 e. The first-order chi connectivity index (χ1) is 10.0. The van der Waals surface area contributed by atoms with Gasteiger partial charge in [0.15, 0.2) is 5.82 Å². The van der Waals surface area contributed by atoms with Crippen molar-refractivity contribution in [1.82, 2.24) is 25.7 Å². The average molecular weight is 310 g/mol. The van der Waals surface area contributed by atoms with Gasteiger partial charge in [0.25, 0.3) is 10.0 Å². The van der Waals surface area contributed by atoms with Crippen molar-refractivity contribution < 1.29 is 8.42 Å². The first-order valence-electron chi connectivity index (χ1n) is 6.59. The molecule has 0 saturated carbocycles. The number of sulfonamides is 1. The van der Waals surface area contributed by atoms with Crippen molar-refractivity contribution in [2.24, 2.45) is 0 Å². The number of nitrogens with one attached hydrogen (secondary N) is 3. The molecule has 0 unspecified atom stereocenters. The summed E-state index contributed by atoms with van der Waals surface area (Å²) < 4.78 is 27.1. The molecule has 8 nitrogen and oxygen atoms in total. The Morgan fingerprint density at radius 1 is 1.38 bits per heavy atom. The van der Waals surface area contributed by atoms with Crippen LogP contribution in [0, 0.1) is 6.92 Å². The topological polar surface area (TPSA) is 113 Å². The third-order valence-corrected chi connectivity index (χ3v) is 4.15. The Kier molecular flexibility index (Phi) is 4.86. The van der Waals surface area contributed by atoms with Crippen molar-refractivity contribution in [3.63, 3.8) is 0 Å². The summed E-state index contributed by atoms with van der Waals surface area (Å²) in [6, 6.07) is 3.13. The second kappa shape index (κ2) is 6.64. The van der Waals surface area contributed by atoms with Gasteiger partial charge >= 0.3 is 0 Å². The van der Waals surface area contributed by atoms with Crippen LogP contribution in [-0.4, -0.2) is 35.4 Å². The molecule has 0 aromatic carbocycles. The molecule has 2 heterocycles. The van der Waals surface area contributed by atoms with Crippen molar-refractivity contribution >= 4 is 15.8 Å². The maximum atomic E-state index is 12.4. The van der Waals surface area contributed by atoms with Gasteiger partial charge in [0, 0.05) is 24.0 Å². The third kappa shape index (κ3) is 3.76. The van der Waals surface area contributed by atoms with Crippen molar-refractivity contribution in [3.8, 4) is 0 Å². The van der Waals surface area contributed by atoms with Crippen LogP contribution in [0.1, 0.15) is 24.6 Å². The van der Waals surface area contributed by atoms with Crippen molar-refractivity contribution in [3.05, 3.63) is 29.6 Å². The number of aromatic amines is 1. The van der Waals surface area contributed by atoms with Crippen molar-refractivity contribution in [2.75, 3.05) is 11.3 Å². The highest BCUT2D eigenvalue weighted by Gasteiger charge is 2.24. The maximum Gasteiger partial charge on any atom is 0.282 e. The molecule has 2 rings (SSSR count). The lowest BCUT2D eigenvalue weighted by molar-refractivity contribution is 0.593. The highest BCUT2D eigenvalue weighted by atomic mass is 32.2. The molecule has 0 amide bonds. The van der Waals surface area contributed by atoms with Gasteiger partial charge in [-0.1, -0.05) is 6.92 Å². The van der Waals surface area contributed by atoms with E-state index in [1.807, 2.05) is 6.92 Å². The molecule has 0 aliphatic carbocycles. The molecule has 0 saturated heterocycles. The lowest BCUT2D eigenvalue weighted by Crippen LogP contribution is -2.20. The number of hydrogen-bond acceptors (Lipinski definition) is 6. The fourth-order valence-corrected chi connectivity index (χ4v) is 2.99. The van der Waals surface area contributed by atoms with Gasteiger partial charge in [-0.25, -0.2) is 0 Å². The number of rotatable bonds is 7. The number of aromatic nitrogens is 4. The van der Waals surface area contributed by atoms with Crippen LogP contribution in [0.4, 0.5) is 5.82 Å². The van der Waals surface area contributed by atoms with Gasteiger partial charge in [0.1, 0.15) is 0 Å². The highest BCUT2D eigenvalue weighted by molar-refractivity contribution is 7.92. The Bertz CT molecular complexity index is 683. The van der Waals surface area contributed by atoms with Gasteiger partial charge in [-0.15, -0.1) is 5.10 Å². The lowest BCUT2D eigenvalue weighted by atomic mass is 10.2. The van der Waals surface area contributed by atoms with Crippen LogP contribution in [0.15, 0.2) is 23.4 Å². The van der Waals surface area contributed by atoms with Crippen LogP contribution in [-0.2, 0) is 16.6 Å². The molecule has 0 bridgehead atoms. The van der Waals surface area contributed by atoms with Crippen LogP contribution >= 0.6 is 0 Å². The van der Waals surface area contributed by atoms with E-state index in [2.05, 4.69) is 30.4 Å². The number of nitrogens with zero attached hydrogens (tertiary/aromatic N) is 3. The van der Waals surface area contributed by atoms with Gasteiger partial charge < -0.3 is 5.32 Å². The average Bonchev–Trinajstić information content (AvgIpc) is 2.82. The third-order valence-electron chi connectivity index (χ3n) is 2.83. The van der Waals surface area contributed by atoms with Crippen LogP contribution < -0.4 is 10.0 Å². The molecule has 2 aromatic heterocycles. The SMILES string of the molecule is CCCNCc1c(S(=O)(=O)Nc2cccnn2)n[nH]c1C. The van der Waals surface area contributed by atoms with E-state index < -0.39 is 10.0 Å². The van der Waals surface area contributed by atoms with Crippen molar-refractivity contribution in [2.45, 2.75) is 31.8 Å². The summed E-state index contributed by atoms with van der Waals surface area (Å²) >= 11 is 0. The predicted octanol–water partition coefficient (Wildman–Crippen LogP) is 0.809. The standard InChI is InChI=1S/C12H18N6O2S/c1-3-6-13-8-10-9(2)15-17-12(10)21(19,20)18-11-5-4-7-14-16-11/h4-5,7,13H,3,6,8H2,1-2H3,(H,15,17)(H,16,18). The molecule has 9 heteroatoms. The van der Waals surface area contributed by atoms with E-state index in [4.69, 9.17) is 0 Å². The second-order valence-corrected chi connectivity index (χ2v) is 6.12. The summed E-state index contributed by atoms with van der Waals surface area (Å²) in [6.07, 6.45) is 2.44. The van der Waals surface area contributed by atoms with E-state index in [-0.39, 0.29) is 10.8 Å². The fourth-order valence-electron chi connectivity index (χ4n) is 1.79. The summed E-state index contributed by atoms with van der Waals surface area (Å²) in [7, 11) is -3.80. The molecule has 114 valence electrons. The molecule has 0 fully saturated rings. The number of anilines is 1. The zero-order valence-electron chi connectivity index (χ0n) is 11.9. The molecular weight excluding hydrogens is 292 g/mol. The minimum atomic E-state index is -3.80. The molecule has 0 radical (unpaired) electrons. The van der Waals surface area contributed by atoms with E-state index in [1.54, 1.807) is 13.0 Å². The van der Waals surface area contributed by atoms with Crippen LogP contribution in [0.3, 0.4) is 0 Å². The number of hydrogen-bond donors (Lipinski definition) is 3. The number of aryl methyl sites for hydroxylation is 1. The van der Waals surface area contributed by atoms with Crippen LogP contribution in [0.25, 0.3) is 0 Å². The second-order valence-electron chi connectivity index (χ2n) is 4.52. The first-order valence-corrected chi connectivity index (χ1v) is 8.08. The molecule has 0 aliphatic rings. The Morgan fingerprint density at radius 2 is 2.19 bits per heavy atom. The van der Waals surface area contributed by atoms with E-state index in [0.717, 1.165) is 18.7 Å². The fraction of sp³-hybridized carbons (Fsp3) is 0.417. The number of H-pyrrole nitrogens is 1. The van der Waals surface area contributed by atoms with E-state index in [1.165, 1.54) is 12.3 Å². The maximum absolute atomic E-state index is 12.4. The van der Waals surface area contributed by atoms with Gasteiger partial charge in [-0.2, -0.15) is 18.6 Å². The minimum absolute atomic E-state index is 0.0192. The molecule has 21 heavy (non-hydrogen) atoms. The van der Waals surface area contributed by atoms with Crippen molar-refractivity contribution in [1.29, 1.82) is 0 Å². The van der Waals surface area contributed by atoms with E-state index in [9.17, 15) is 8.42 Å². The van der Waals surface area contributed by atoms with E-state index >= 15 is 0 Å². The molecule has 0 spiro atoms. The molecule has 0 atom stereocenters. The molecule has 3 N–H and O–H groups in total. The van der Waals surface area contributed by atoms with Gasteiger partial charge in [-0.3, -0.25) is 9.82 Å². The summed E-state index contributed by atoms with van der Waals surface area (Å²) in [5.41, 5.74) is 1.35.